The molecule has 0 spiro atoms. The number of aliphatic hydroxyl groups excluding tert-OH is 1. The number of amides is 1. The summed E-state index contributed by atoms with van der Waals surface area (Å²) < 4.78 is 6.18. The van der Waals surface area contributed by atoms with Gasteiger partial charge in [0.15, 0.2) is 6.04 Å². The molecule has 7 heteroatoms. The standard InChI is InChI=1S/C15H17N3O4/c1-10(19)13(15(21)22-2)17-14(20)11-5-3-6-12(9-11)18-8-4-7-16-18/h3-10,13,19H,1-2H3,(H,17,20)/t10-,13+/m1/s1. The van der Waals surface area contributed by atoms with Gasteiger partial charge in [-0.2, -0.15) is 5.10 Å². The van der Waals surface area contributed by atoms with Gasteiger partial charge in [-0.05, 0) is 31.2 Å². The number of esters is 1. The minimum Gasteiger partial charge on any atom is -0.467 e. The van der Waals surface area contributed by atoms with E-state index in [-0.39, 0.29) is 0 Å². The number of aromatic nitrogens is 2. The number of ether oxygens (including phenoxy) is 1. The Hall–Kier alpha value is -2.67. The average Bonchev–Trinajstić information content (AvgIpc) is 3.06. The topological polar surface area (TPSA) is 93.5 Å². The van der Waals surface area contributed by atoms with Crippen LogP contribution in [0.3, 0.4) is 0 Å². The number of rotatable bonds is 5. The van der Waals surface area contributed by atoms with Gasteiger partial charge in [-0.1, -0.05) is 6.07 Å². The molecule has 0 unspecified atom stereocenters. The largest absolute Gasteiger partial charge is 0.467 e. The lowest BCUT2D eigenvalue weighted by Crippen LogP contribution is -2.48. The first-order valence-corrected chi connectivity index (χ1v) is 6.69. The number of aliphatic hydroxyl groups is 1. The van der Waals surface area contributed by atoms with Crippen molar-refractivity contribution in [2.75, 3.05) is 7.11 Å². The van der Waals surface area contributed by atoms with Gasteiger partial charge in [0.2, 0.25) is 0 Å². The molecule has 2 atom stereocenters. The smallest absolute Gasteiger partial charge is 0.331 e. The number of benzene rings is 1. The average molecular weight is 303 g/mol. The molecule has 1 aromatic carbocycles. The molecule has 0 saturated carbocycles. The fourth-order valence-electron chi connectivity index (χ4n) is 1.94. The molecule has 0 radical (unpaired) electrons. The Morgan fingerprint density at radius 3 is 2.73 bits per heavy atom. The highest BCUT2D eigenvalue weighted by atomic mass is 16.5. The van der Waals surface area contributed by atoms with Crippen molar-refractivity contribution in [3.63, 3.8) is 0 Å². The van der Waals surface area contributed by atoms with Crippen LogP contribution in [0.1, 0.15) is 17.3 Å². The number of hydrogen-bond donors (Lipinski definition) is 2. The summed E-state index contributed by atoms with van der Waals surface area (Å²) >= 11 is 0. The highest BCUT2D eigenvalue weighted by Crippen LogP contribution is 2.10. The number of carbonyl (C=O) groups excluding carboxylic acids is 2. The summed E-state index contributed by atoms with van der Waals surface area (Å²) in [6.45, 7) is 1.40. The summed E-state index contributed by atoms with van der Waals surface area (Å²) in [7, 11) is 1.20. The van der Waals surface area contributed by atoms with Crippen LogP contribution in [0.2, 0.25) is 0 Å². The molecule has 0 bridgehead atoms. The molecule has 2 rings (SSSR count). The SMILES string of the molecule is COC(=O)[C@@H](NC(=O)c1cccc(-n2cccn2)c1)[C@@H](C)O. The zero-order chi connectivity index (χ0) is 16.1. The lowest BCUT2D eigenvalue weighted by molar-refractivity contribution is -0.145. The molecular formula is C15H17N3O4. The second-order valence-electron chi connectivity index (χ2n) is 4.72. The van der Waals surface area contributed by atoms with Gasteiger partial charge in [0.1, 0.15) is 0 Å². The molecule has 1 aromatic heterocycles. The monoisotopic (exact) mass is 303 g/mol. The molecule has 0 aliphatic heterocycles. The first kappa shape index (κ1) is 15.7. The number of methoxy groups -OCH3 is 1. The van der Waals surface area contributed by atoms with E-state index in [1.807, 2.05) is 0 Å². The molecule has 0 fully saturated rings. The molecule has 1 heterocycles. The van der Waals surface area contributed by atoms with E-state index in [1.165, 1.54) is 14.0 Å². The first-order valence-electron chi connectivity index (χ1n) is 6.69. The van der Waals surface area contributed by atoms with Crippen LogP contribution in [0.5, 0.6) is 0 Å². The molecule has 116 valence electrons. The van der Waals surface area contributed by atoms with Gasteiger partial charge in [-0.15, -0.1) is 0 Å². The van der Waals surface area contributed by atoms with E-state index in [1.54, 1.807) is 47.4 Å². The third-order valence-electron chi connectivity index (χ3n) is 3.10. The summed E-state index contributed by atoms with van der Waals surface area (Å²) in [6, 6.07) is 7.41. The Morgan fingerprint density at radius 2 is 2.14 bits per heavy atom. The molecule has 22 heavy (non-hydrogen) atoms. The van der Waals surface area contributed by atoms with Gasteiger partial charge in [-0.3, -0.25) is 4.79 Å². The summed E-state index contributed by atoms with van der Waals surface area (Å²) in [5, 5.41) is 16.1. The van der Waals surface area contributed by atoms with Gasteiger partial charge in [0.25, 0.3) is 5.91 Å². The van der Waals surface area contributed by atoms with Crippen LogP contribution in [0.15, 0.2) is 42.7 Å². The van der Waals surface area contributed by atoms with Crippen LogP contribution < -0.4 is 5.32 Å². The van der Waals surface area contributed by atoms with Gasteiger partial charge < -0.3 is 15.2 Å². The number of hydrogen-bond acceptors (Lipinski definition) is 5. The third-order valence-corrected chi connectivity index (χ3v) is 3.10. The van der Waals surface area contributed by atoms with E-state index in [9.17, 15) is 14.7 Å². The fourth-order valence-corrected chi connectivity index (χ4v) is 1.94. The second-order valence-corrected chi connectivity index (χ2v) is 4.72. The van der Waals surface area contributed by atoms with Crippen LogP contribution in [0.25, 0.3) is 5.69 Å². The van der Waals surface area contributed by atoms with Crippen molar-refractivity contribution in [1.29, 1.82) is 0 Å². The Balaban J connectivity index is 2.19. The Labute approximate surface area is 127 Å². The second kappa shape index (κ2) is 6.86. The predicted octanol–water partition coefficient (Wildman–Crippen LogP) is 0.524. The molecule has 7 nitrogen and oxygen atoms in total. The maximum atomic E-state index is 12.2. The van der Waals surface area contributed by atoms with Crippen LogP contribution in [-0.4, -0.2) is 46.0 Å². The summed E-state index contributed by atoms with van der Waals surface area (Å²) in [5.41, 5.74) is 1.06. The van der Waals surface area contributed by atoms with Crippen molar-refractivity contribution in [3.05, 3.63) is 48.3 Å². The van der Waals surface area contributed by atoms with Gasteiger partial charge in [-0.25, -0.2) is 9.48 Å². The maximum absolute atomic E-state index is 12.2. The van der Waals surface area contributed by atoms with E-state index in [2.05, 4.69) is 15.2 Å². The predicted molar refractivity (Wildman–Crippen MR) is 78.5 cm³/mol. The maximum Gasteiger partial charge on any atom is 0.331 e. The van der Waals surface area contributed by atoms with Crippen molar-refractivity contribution in [2.24, 2.45) is 0 Å². The van der Waals surface area contributed by atoms with Crippen LogP contribution >= 0.6 is 0 Å². The minimum absolute atomic E-state index is 0.350. The van der Waals surface area contributed by atoms with Crippen molar-refractivity contribution in [1.82, 2.24) is 15.1 Å². The van der Waals surface area contributed by atoms with Crippen LogP contribution in [-0.2, 0) is 9.53 Å². The summed E-state index contributed by atoms with van der Waals surface area (Å²) in [4.78, 5) is 23.8. The zero-order valence-electron chi connectivity index (χ0n) is 12.3. The van der Waals surface area contributed by atoms with Crippen molar-refractivity contribution in [3.8, 4) is 5.69 Å². The molecule has 0 aliphatic carbocycles. The fraction of sp³-hybridized carbons (Fsp3) is 0.267. The van der Waals surface area contributed by atoms with Crippen LogP contribution in [0, 0.1) is 0 Å². The quantitative estimate of drug-likeness (QED) is 0.786. The van der Waals surface area contributed by atoms with E-state index in [0.29, 0.717) is 11.3 Å². The molecule has 1 amide bonds. The van der Waals surface area contributed by atoms with E-state index in [0.717, 1.165) is 0 Å². The number of nitrogens with zero attached hydrogens (tertiary/aromatic N) is 2. The van der Waals surface area contributed by atoms with E-state index in [4.69, 9.17) is 0 Å². The minimum atomic E-state index is -1.12. The highest BCUT2D eigenvalue weighted by Gasteiger charge is 2.26. The molecule has 2 N–H and O–H groups in total. The molecule has 0 aliphatic rings. The van der Waals surface area contributed by atoms with Gasteiger partial charge in [0, 0.05) is 18.0 Å². The summed E-state index contributed by atoms with van der Waals surface area (Å²) in [6.07, 6.45) is 2.32. The van der Waals surface area contributed by atoms with Gasteiger partial charge in [0.05, 0.1) is 18.9 Å². The lowest BCUT2D eigenvalue weighted by Gasteiger charge is -2.19. The van der Waals surface area contributed by atoms with Crippen molar-refractivity contribution < 1.29 is 19.4 Å². The zero-order valence-corrected chi connectivity index (χ0v) is 12.3. The Kier molecular flexibility index (Phi) is 4.90. The Bertz CT molecular complexity index is 653. The normalized spacial score (nSPS) is 13.2. The van der Waals surface area contributed by atoms with E-state index >= 15 is 0 Å². The van der Waals surface area contributed by atoms with Crippen LogP contribution in [0.4, 0.5) is 0 Å². The van der Waals surface area contributed by atoms with Gasteiger partial charge >= 0.3 is 5.97 Å². The number of nitrogens with one attached hydrogen (secondary N) is 1. The molecule has 0 saturated heterocycles. The van der Waals surface area contributed by atoms with Crippen molar-refractivity contribution in [2.45, 2.75) is 19.1 Å². The van der Waals surface area contributed by atoms with E-state index < -0.39 is 24.0 Å². The van der Waals surface area contributed by atoms with Crippen molar-refractivity contribution >= 4 is 11.9 Å². The third kappa shape index (κ3) is 3.50. The molecule has 2 aromatic rings. The highest BCUT2D eigenvalue weighted by molar-refractivity contribution is 5.97. The Morgan fingerprint density at radius 1 is 1.36 bits per heavy atom. The lowest BCUT2D eigenvalue weighted by atomic mass is 10.1. The number of carbonyl (C=O) groups is 2. The summed E-state index contributed by atoms with van der Waals surface area (Å²) in [5.74, 6) is -1.18. The first-order chi connectivity index (χ1) is 10.5. The molecular weight excluding hydrogens is 286 g/mol.